The van der Waals surface area contributed by atoms with E-state index in [0.29, 0.717) is 10.9 Å². The number of nitrogens with one attached hydrogen (secondary N) is 1. The van der Waals surface area contributed by atoms with E-state index in [1.54, 1.807) is 12.1 Å². The van der Waals surface area contributed by atoms with Gasteiger partial charge in [0, 0.05) is 17.2 Å². The number of esters is 1. The zero-order valence-electron chi connectivity index (χ0n) is 9.35. The number of aromatic amines is 1. The van der Waals surface area contributed by atoms with Crippen LogP contribution in [0.2, 0.25) is 0 Å². The highest BCUT2D eigenvalue weighted by atomic mass is 32.2. The maximum Gasteiger partial charge on any atom is 0.354 e. The molecule has 2 aromatic rings. The van der Waals surface area contributed by atoms with Crippen molar-refractivity contribution in [2.45, 2.75) is 4.90 Å². The number of aromatic nitrogens is 1. The van der Waals surface area contributed by atoms with Gasteiger partial charge in [-0.3, -0.25) is 0 Å². The van der Waals surface area contributed by atoms with Gasteiger partial charge in [0.15, 0.2) is 9.84 Å². The Hall–Kier alpha value is -1.82. The summed E-state index contributed by atoms with van der Waals surface area (Å²) in [7, 11) is -2.05. The second-order valence-corrected chi connectivity index (χ2v) is 5.65. The number of fused-ring (bicyclic) bond motifs is 1. The Morgan fingerprint density at radius 3 is 2.65 bits per heavy atom. The molecule has 0 spiro atoms. The maximum absolute atomic E-state index is 11.6. The molecule has 0 saturated carbocycles. The number of methoxy groups -OCH3 is 1. The van der Waals surface area contributed by atoms with Crippen LogP contribution in [0.25, 0.3) is 10.9 Å². The monoisotopic (exact) mass is 253 g/mol. The fourth-order valence-electron chi connectivity index (χ4n) is 1.67. The first-order valence-corrected chi connectivity index (χ1v) is 6.72. The summed E-state index contributed by atoms with van der Waals surface area (Å²) in [6, 6.07) is 6.32. The number of hydrogen-bond donors (Lipinski definition) is 1. The summed E-state index contributed by atoms with van der Waals surface area (Å²) in [6.07, 6.45) is 1.13. The molecule has 2 rings (SSSR count). The number of sulfone groups is 1. The maximum atomic E-state index is 11.6. The fourth-order valence-corrected chi connectivity index (χ4v) is 2.56. The van der Waals surface area contributed by atoms with Crippen molar-refractivity contribution in [2.24, 2.45) is 0 Å². The third kappa shape index (κ3) is 2.03. The summed E-state index contributed by atoms with van der Waals surface area (Å²) in [5.41, 5.74) is 0.826. The number of H-pyrrole nitrogens is 1. The first kappa shape index (κ1) is 11.7. The summed E-state index contributed by atoms with van der Waals surface area (Å²) in [5.74, 6) is -0.527. The molecule has 1 aromatic heterocycles. The standard InChI is InChI=1S/C11H11NO4S/c1-16-11(13)9-6-7-8(12-9)4-3-5-10(7)17(2,14)15/h3-6,12H,1-2H3. The minimum atomic E-state index is -3.32. The van der Waals surface area contributed by atoms with E-state index >= 15 is 0 Å². The van der Waals surface area contributed by atoms with Crippen molar-refractivity contribution >= 4 is 26.7 Å². The lowest BCUT2D eigenvalue weighted by Gasteiger charge is -1.98. The molecule has 0 atom stereocenters. The van der Waals surface area contributed by atoms with Crippen molar-refractivity contribution in [1.82, 2.24) is 4.98 Å². The van der Waals surface area contributed by atoms with Gasteiger partial charge in [0.1, 0.15) is 5.69 Å². The molecule has 17 heavy (non-hydrogen) atoms. The van der Waals surface area contributed by atoms with Crippen LogP contribution in [0.3, 0.4) is 0 Å². The molecule has 0 aliphatic carbocycles. The molecule has 0 radical (unpaired) electrons. The van der Waals surface area contributed by atoms with Gasteiger partial charge in [0.05, 0.1) is 12.0 Å². The van der Waals surface area contributed by atoms with Crippen molar-refractivity contribution in [1.29, 1.82) is 0 Å². The van der Waals surface area contributed by atoms with Crippen molar-refractivity contribution in [2.75, 3.05) is 13.4 Å². The van der Waals surface area contributed by atoms with Crippen molar-refractivity contribution in [3.63, 3.8) is 0 Å². The highest BCUT2D eigenvalue weighted by Crippen LogP contribution is 2.24. The second kappa shape index (κ2) is 3.89. The van der Waals surface area contributed by atoms with Gasteiger partial charge in [-0.2, -0.15) is 0 Å². The average Bonchev–Trinajstić information content (AvgIpc) is 2.69. The van der Waals surface area contributed by atoms with Crippen molar-refractivity contribution in [3.05, 3.63) is 30.0 Å². The molecular formula is C11H11NO4S. The predicted molar refractivity (Wildman–Crippen MR) is 62.7 cm³/mol. The Labute approximate surface area is 98.3 Å². The lowest BCUT2D eigenvalue weighted by molar-refractivity contribution is 0.0595. The van der Waals surface area contributed by atoms with E-state index in [-0.39, 0.29) is 10.6 Å². The molecular weight excluding hydrogens is 242 g/mol. The van der Waals surface area contributed by atoms with Crippen LogP contribution in [0.5, 0.6) is 0 Å². The molecule has 6 heteroatoms. The minimum Gasteiger partial charge on any atom is -0.464 e. The largest absolute Gasteiger partial charge is 0.464 e. The van der Waals surface area contributed by atoms with Gasteiger partial charge in [-0.25, -0.2) is 13.2 Å². The Kier molecular flexibility index (Phi) is 2.66. The number of benzene rings is 1. The van der Waals surface area contributed by atoms with Crippen molar-refractivity contribution in [3.8, 4) is 0 Å². The van der Waals surface area contributed by atoms with Crippen molar-refractivity contribution < 1.29 is 17.9 Å². The van der Waals surface area contributed by atoms with Gasteiger partial charge >= 0.3 is 5.97 Å². The van der Waals surface area contributed by atoms with Gasteiger partial charge in [0.25, 0.3) is 0 Å². The van der Waals surface area contributed by atoms with E-state index < -0.39 is 15.8 Å². The summed E-state index contributed by atoms with van der Waals surface area (Å²) >= 11 is 0. The minimum absolute atomic E-state index is 0.196. The molecule has 0 amide bonds. The summed E-state index contributed by atoms with van der Waals surface area (Å²) < 4.78 is 27.7. The molecule has 0 bridgehead atoms. The third-order valence-electron chi connectivity index (χ3n) is 2.43. The molecule has 1 heterocycles. The van der Waals surface area contributed by atoms with Gasteiger partial charge in [-0.15, -0.1) is 0 Å². The molecule has 90 valence electrons. The molecule has 5 nitrogen and oxygen atoms in total. The van der Waals surface area contributed by atoms with Crippen LogP contribution in [-0.4, -0.2) is 32.7 Å². The van der Waals surface area contributed by atoms with E-state index in [0.717, 1.165) is 6.26 Å². The smallest absolute Gasteiger partial charge is 0.354 e. The lowest BCUT2D eigenvalue weighted by atomic mass is 10.2. The normalized spacial score (nSPS) is 11.6. The number of hydrogen-bond acceptors (Lipinski definition) is 4. The zero-order chi connectivity index (χ0) is 12.6. The Morgan fingerprint density at radius 2 is 2.06 bits per heavy atom. The second-order valence-electron chi connectivity index (χ2n) is 3.66. The molecule has 0 saturated heterocycles. The Balaban J connectivity index is 2.74. The van der Waals surface area contributed by atoms with Crippen LogP contribution in [-0.2, 0) is 14.6 Å². The average molecular weight is 253 g/mol. The van der Waals surface area contributed by atoms with E-state index in [1.165, 1.54) is 19.2 Å². The number of carbonyl (C=O) groups is 1. The highest BCUT2D eigenvalue weighted by molar-refractivity contribution is 7.91. The van der Waals surface area contributed by atoms with E-state index in [1.807, 2.05) is 0 Å². The Bertz CT molecular complexity index is 685. The number of carbonyl (C=O) groups excluding carboxylic acids is 1. The molecule has 0 fully saturated rings. The molecule has 0 aliphatic heterocycles. The van der Waals surface area contributed by atoms with Crippen LogP contribution >= 0.6 is 0 Å². The zero-order valence-corrected chi connectivity index (χ0v) is 10.2. The third-order valence-corrected chi connectivity index (χ3v) is 3.58. The summed E-state index contributed by atoms with van der Waals surface area (Å²) in [4.78, 5) is 14.4. The van der Waals surface area contributed by atoms with Crippen LogP contribution in [0.4, 0.5) is 0 Å². The van der Waals surface area contributed by atoms with Crippen LogP contribution < -0.4 is 0 Å². The van der Waals surface area contributed by atoms with Gasteiger partial charge < -0.3 is 9.72 Å². The van der Waals surface area contributed by atoms with Crippen LogP contribution in [0.1, 0.15) is 10.5 Å². The fraction of sp³-hybridized carbons (Fsp3) is 0.182. The van der Waals surface area contributed by atoms with E-state index in [9.17, 15) is 13.2 Å². The van der Waals surface area contributed by atoms with Crippen LogP contribution in [0.15, 0.2) is 29.2 Å². The Morgan fingerprint density at radius 1 is 1.35 bits per heavy atom. The first-order valence-electron chi connectivity index (χ1n) is 4.83. The predicted octanol–water partition coefficient (Wildman–Crippen LogP) is 1.36. The molecule has 0 aliphatic rings. The first-order chi connectivity index (χ1) is 7.93. The summed E-state index contributed by atoms with van der Waals surface area (Å²) in [6.45, 7) is 0. The SMILES string of the molecule is COC(=O)c1cc2c(S(C)(=O)=O)cccc2[nH]1. The van der Waals surface area contributed by atoms with Crippen LogP contribution in [0, 0.1) is 0 Å². The molecule has 1 aromatic carbocycles. The quantitative estimate of drug-likeness (QED) is 0.820. The molecule has 0 unspecified atom stereocenters. The van der Waals surface area contributed by atoms with Gasteiger partial charge in [-0.05, 0) is 18.2 Å². The number of ether oxygens (including phenoxy) is 1. The van der Waals surface area contributed by atoms with E-state index in [2.05, 4.69) is 9.72 Å². The van der Waals surface area contributed by atoms with Gasteiger partial charge in [-0.1, -0.05) is 6.07 Å². The number of rotatable bonds is 2. The molecule has 1 N–H and O–H groups in total. The highest BCUT2D eigenvalue weighted by Gasteiger charge is 2.16. The summed E-state index contributed by atoms with van der Waals surface area (Å²) in [5, 5.41) is 0.496. The topological polar surface area (TPSA) is 76.2 Å². The lowest BCUT2D eigenvalue weighted by Crippen LogP contribution is -2.00. The van der Waals surface area contributed by atoms with E-state index in [4.69, 9.17) is 0 Å². The van der Waals surface area contributed by atoms with Gasteiger partial charge in [0.2, 0.25) is 0 Å².